The van der Waals surface area contributed by atoms with E-state index < -0.39 is 42.3 Å². The molecule has 0 saturated carbocycles. The van der Waals surface area contributed by atoms with Gasteiger partial charge < -0.3 is 51.2 Å². The van der Waals surface area contributed by atoms with Gasteiger partial charge in [0.05, 0.1) is 25.4 Å². The average molecular weight is 963 g/mol. The molecule has 7 rings (SSSR count). The van der Waals surface area contributed by atoms with Crippen molar-refractivity contribution >= 4 is 53.0 Å². The lowest BCUT2D eigenvalue weighted by Crippen LogP contribution is -2.51. The maximum atomic E-state index is 13.9. The molecule has 3 aromatic carbocycles. The van der Waals surface area contributed by atoms with Gasteiger partial charge in [0.25, 0.3) is 0 Å². The Morgan fingerprint density at radius 2 is 1.47 bits per heavy atom. The number of carbonyl (C=O) groups is 7. The molecule has 19 heteroatoms. The summed E-state index contributed by atoms with van der Waals surface area (Å²) in [6.45, 7) is 4.65. The summed E-state index contributed by atoms with van der Waals surface area (Å²) in [5.74, 6) is -1.94. The number of nitrogens with zero attached hydrogens (tertiary/aromatic N) is 2. The van der Waals surface area contributed by atoms with Gasteiger partial charge in [-0.3, -0.25) is 24.0 Å². The van der Waals surface area contributed by atoms with Crippen molar-refractivity contribution in [3.63, 3.8) is 0 Å². The second-order valence-corrected chi connectivity index (χ2v) is 17.9. The van der Waals surface area contributed by atoms with Gasteiger partial charge in [-0.15, -0.1) is 4.57 Å². The maximum absolute atomic E-state index is 13.9. The number of para-hydroxylation sites is 1. The zero-order chi connectivity index (χ0) is 49.5. The molecule has 6 amide bonds. The smallest absolute Gasteiger partial charge is 0.448 e. The first kappa shape index (κ1) is 50.3. The first-order chi connectivity index (χ1) is 33.8. The first-order valence-corrected chi connectivity index (χ1v) is 23.9. The van der Waals surface area contributed by atoms with Crippen LogP contribution in [0.1, 0.15) is 99.0 Å². The average Bonchev–Trinajstić information content (AvgIpc) is 4.02. The van der Waals surface area contributed by atoms with Crippen LogP contribution >= 0.6 is 0 Å². The predicted molar refractivity (Wildman–Crippen MR) is 255 cm³/mol. The molecule has 1 unspecified atom stereocenters. The Bertz CT molecular complexity index is 2540. The Balaban J connectivity index is 0.827. The van der Waals surface area contributed by atoms with Crippen molar-refractivity contribution in [1.82, 2.24) is 21.3 Å². The number of hydrogen-bond donors (Lipinski definition) is 7. The predicted octanol–water partition coefficient (Wildman–Crippen LogP) is 4.80. The van der Waals surface area contributed by atoms with E-state index in [4.69, 9.17) is 14.2 Å². The van der Waals surface area contributed by atoms with E-state index in [0.717, 1.165) is 50.0 Å². The van der Waals surface area contributed by atoms with E-state index in [-0.39, 0.29) is 63.2 Å². The number of urea groups is 1. The minimum atomic E-state index is -1.15. The Labute approximate surface area is 406 Å². The third kappa shape index (κ3) is 14.0. The number of aromatic nitrogens is 1. The number of rotatable bonds is 25. The number of pyridine rings is 1. The number of anilines is 2. The minimum absolute atomic E-state index is 0.0116. The molecule has 0 bridgehead atoms. The van der Waals surface area contributed by atoms with E-state index >= 15 is 0 Å². The second kappa shape index (κ2) is 24.1. The molecule has 70 heavy (non-hydrogen) atoms. The summed E-state index contributed by atoms with van der Waals surface area (Å²) in [5.41, 5.74) is 4.35. The lowest BCUT2D eigenvalue weighted by molar-refractivity contribution is -1.06. The molecule has 4 atom stereocenters. The van der Waals surface area contributed by atoms with Crippen molar-refractivity contribution in [2.45, 2.75) is 103 Å². The van der Waals surface area contributed by atoms with Gasteiger partial charge in [-0.05, 0) is 98.5 Å². The number of amides is 6. The van der Waals surface area contributed by atoms with Crippen molar-refractivity contribution < 1.29 is 61.9 Å². The molecular formula is C51H62N8O11+2. The molecule has 0 spiro atoms. The molecule has 7 N–H and O–H groups in total. The van der Waals surface area contributed by atoms with Crippen LogP contribution in [0.4, 0.5) is 16.2 Å². The van der Waals surface area contributed by atoms with Crippen LogP contribution < -0.4 is 45.9 Å². The summed E-state index contributed by atoms with van der Waals surface area (Å²) >= 11 is 0. The molecular weight excluding hydrogens is 901 g/mol. The highest BCUT2D eigenvalue weighted by molar-refractivity contribution is 6.00. The molecule has 0 radical (unpaired) electrons. The van der Waals surface area contributed by atoms with Crippen molar-refractivity contribution in [2.75, 3.05) is 43.6 Å². The summed E-state index contributed by atoms with van der Waals surface area (Å²) in [7, 11) is 0. The molecule has 370 valence electrons. The summed E-state index contributed by atoms with van der Waals surface area (Å²) in [4.78, 5) is 89.2. The van der Waals surface area contributed by atoms with Crippen molar-refractivity contribution in [1.29, 1.82) is 0 Å². The minimum Gasteiger partial charge on any atom is -0.481 e. The third-order valence-electron chi connectivity index (χ3n) is 12.6. The molecule has 0 aliphatic carbocycles. The fraction of sp³-hybridized carbons (Fsp3) is 0.412. The zero-order valence-electron chi connectivity index (χ0n) is 39.3. The number of esters is 1. The Morgan fingerprint density at radius 1 is 0.757 bits per heavy atom. The summed E-state index contributed by atoms with van der Waals surface area (Å²) in [5, 5.41) is 26.6. The summed E-state index contributed by atoms with van der Waals surface area (Å²) < 4.78 is 19.2. The van der Waals surface area contributed by atoms with Crippen LogP contribution in [-0.4, -0.2) is 90.2 Å². The lowest BCUT2D eigenvalue weighted by atomic mass is 10.0. The van der Waals surface area contributed by atoms with Gasteiger partial charge in [-0.2, -0.15) is 0 Å². The summed E-state index contributed by atoms with van der Waals surface area (Å²) in [6.07, 6.45) is 5.85. The van der Waals surface area contributed by atoms with E-state index in [2.05, 4.69) is 42.5 Å². The number of fused-ring (bicyclic) bond motifs is 4. The molecule has 1 fully saturated rings. The van der Waals surface area contributed by atoms with Gasteiger partial charge in [0.1, 0.15) is 6.04 Å². The van der Waals surface area contributed by atoms with Gasteiger partial charge in [0.15, 0.2) is 30.8 Å². The van der Waals surface area contributed by atoms with E-state index in [0.29, 0.717) is 64.4 Å². The standard InChI is InChI=1S/C51H60N8O11/c1-34-12-4-5-14-39(34)57-50(67)54-37-19-16-35(17-20-37)28-46(62)55-40(49(66)56-41(30-47(63)64)36-18-21-42-43(29-36)69-33-68-42)15-6-9-25-53-45(61)23-22-44(60)52-24-8-2-3-11-27-59-31-38-13-7-10-26-58(38)51(59)70-48(65)32-59/h4-5,7,10,12-14,16-21,26,29,40-41,51H,2-3,6,8-9,11,15,22-25,27-28,30-33H2,1H3,(H5-2,52,53,54,55,56,57,60,61,62,63,64,66,67)/p+2/t40-,41-,51?,59-/m0/s1. The number of benzene rings is 3. The molecule has 3 aliphatic rings. The highest BCUT2D eigenvalue weighted by Crippen LogP contribution is 2.36. The maximum Gasteiger partial charge on any atom is 0.448 e. The number of nitrogens with one attached hydrogen (secondary N) is 6. The summed E-state index contributed by atoms with van der Waals surface area (Å²) in [6, 6.07) is 22.6. The van der Waals surface area contributed by atoms with E-state index in [1.165, 1.54) is 0 Å². The monoisotopic (exact) mass is 962 g/mol. The van der Waals surface area contributed by atoms with Gasteiger partial charge in [-0.1, -0.05) is 42.8 Å². The lowest BCUT2D eigenvalue weighted by Gasteiger charge is -2.25. The fourth-order valence-corrected chi connectivity index (χ4v) is 8.96. The number of carboxylic acid groups (broad SMARTS) is 1. The van der Waals surface area contributed by atoms with Crippen LogP contribution in [-0.2, 0) is 46.5 Å². The number of carbonyl (C=O) groups excluding carboxylic acids is 6. The second-order valence-electron chi connectivity index (χ2n) is 17.9. The topological polar surface area (TPSA) is 243 Å². The van der Waals surface area contributed by atoms with Gasteiger partial charge in [0.2, 0.25) is 36.1 Å². The van der Waals surface area contributed by atoms with Crippen LogP contribution in [0.2, 0.25) is 0 Å². The van der Waals surface area contributed by atoms with Gasteiger partial charge in [-0.25, -0.2) is 14.1 Å². The fourth-order valence-electron chi connectivity index (χ4n) is 8.96. The Morgan fingerprint density at radius 3 is 2.23 bits per heavy atom. The van der Waals surface area contributed by atoms with E-state index in [1.54, 1.807) is 48.5 Å². The molecule has 1 saturated heterocycles. The largest absolute Gasteiger partial charge is 0.481 e. The molecule has 19 nitrogen and oxygen atoms in total. The normalized spacial score (nSPS) is 17.0. The number of carboxylic acids is 1. The molecule has 4 aromatic rings. The van der Waals surface area contributed by atoms with E-state index in [9.17, 15) is 38.7 Å². The van der Waals surface area contributed by atoms with Gasteiger partial charge in [0, 0.05) is 49.4 Å². The van der Waals surface area contributed by atoms with Crippen LogP contribution in [0.15, 0.2) is 91.1 Å². The highest BCUT2D eigenvalue weighted by atomic mass is 16.7. The Kier molecular flexibility index (Phi) is 17.4. The number of hydrogen-bond acceptors (Lipinski definition) is 10. The van der Waals surface area contributed by atoms with Crippen LogP contribution in [0.25, 0.3) is 0 Å². The quantitative estimate of drug-likeness (QED) is 0.0206. The zero-order valence-corrected chi connectivity index (χ0v) is 39.3. The third-order valence-corrected chi connectivity index (χ3v) is 12.6. The van der Waals surface area contributed by atoms with Crippen LogP contribution in [0, 0.1) is 6.92 Å². The number of unbranched alkanes of at least 4 members (excludes halogenated alkanes) is 4. The number of quaternary nitrogens is 1. The van der Waals surface area contributed by atoms with Crippen LogP contribution in [0.3, 0.4) is 0 Å². The Hall–Kier alpha value is -7.54. The highest BCUT2D eigenvalue weighted by Gasteiger charge is 2.60. The van der Waals surface area contributed by atoms with Crippen molar-refractivity contribution in [2.24, 2.45) is 0 Å². The van der Waals surface area contributed by atoms with Crippen molar-refractivity contribution in [3.8, 4) is 11.5 Å². The van der Waals surface area contributed by atoms with E-state index in [1.807, 2.05) is 43.5 Å². The van der Waals surface area contributed by atoms with Crippen molar-refractivity contribution in [3.05, 3.63) is 114 Å². The SMILES string of the molecule is Cc1ccccc1NC(=O)Nc1ccc(CC(=O)N[C@@H](CCCCNC(=O)CCC(=O)NCCCCCC[N@+]23CC(=O)OC2[n+]2ccccc2C3)C(=O)N[C@@H](CC(=O)O)c2ccc3c(c2)OCO3)cc1. The number of aliphatic carboxylic acids is 1. The van der Waals surface area contributed by atoms with Crippen LogP contribution in [0.5, 0.6) is 11.5 Å². The number of aryl methyl sites for hydroxylation is 1. The molecule has 1 aromatic heterocycles. The number of ether oxygens (including phenoxy) is 3. The first-order valence-electron chi connectivity index (χ1n) is 23.9. The molecule has 3 aliphatic heterocycles. The molecule has 4 heterocycles. The van der Waals surface area contributed by atoms with Gasteiger partial charge >= 0.3 is 24.3 Å².